The molecule has 122 heavy (non-hydrogen) atoms. The van der Waals surface area contributed by atoms with Crippen LogP contribution < -0.4 is 59.3 Å². The Morgan fingerprint density at radius 1 is 0.508 bits per heavy atom. The molecule has 2 saturated heterocycles. The predicted molar refractivity (Wildman–Crippen MR) is 465 cm³/mol. The Bertz CT molecular complexity index is 3480. The second-order valence-corrected chi connectivity index (χ2v) is 34.6. The number of carboxylic acids is 2. The number of phenolic OH excluding ortho intramolecular Hbond substituents is 1. The molecule has 0 radical (unpaired) electrons. The lowest BCUT2D eigenvalue weighted by atomic mass is 10.0. The first-order valence-electron chi connectivity index (χ1n) is 44.2. The van der Waals surface area contributed by atoms with E-state index >= 15 is 0 Å². The fraction of sp³-hybridized carbons (Fsp3) is 0.744. The van der Waals surface area contributed by atoms with Crippen molar-refractivity contribution in [1.29, 1.82) is 0 Å². The third-order valence-corrected chi connectivity index (χ3v) is 22.8. The molecule has 2 aliphatic heterocycles. The summed E-state index contributed by atoms with van der Waals surface area (Å²) in [6.45, 7) is 10.9. The minimum Gasteiger partial charge on any atom is -0.508 e. The molecule has 35 nitrogen and oxygen atoms in total. The Labute approximate surface area is 725 Å². The molecule has 0 bridgehead atoms. The second kappa shape index (κ2) is 59.6. The molecule has 10 atom stereocenters. The Balaban J connectivity index is 1.78. The van der Waals surface area contributed by atoms with Crippen molar-refractivity contribution in [2.75, 3.05) is 85.5 Å². The molecular formula is C86H146N16O19S. The van der Waals surface area contributed by atoms with Crippen molar-refractivity contribution in [3.05, 3.63) is 29.8 Å². The van der Waals surface area contributed by atoms with E-state index in [2.05, 4.69) is 47.9 Å². The van der Waals surface area contributed by atoms with E-state index in [0.717, 1.165) is 111 Å². The lowest BCUT2D eigenvalue weighted by molar-refractivity contribution is -0.144. The van der Waals surface area contributed by atoms with E-state index in [1.54, 1.807) is 30.9 Å². The molecule has 690 valence electrons. The molecule has 2 fully saturated rings. The number of likely N-dealkylation sites (N-methyl/N-ethyl adjacent to an activating group) is 3. The van der Waals surface area contributed by atoms with Crippen LogP contribution in [0.4, 0.5) is 0 Å². The van der Waals surface area contributed by atoms with Gasteiger partial charge >= 0.3 is 11.9 Å². The minimum atomic E-state index is -1.65. The number of phenols is 1. The molecule has 0 spiro atoms. The van der Waals surface area contributed by atoms with Gasteiger partial charge in [-0.05, 0) is 127 Å². The number of carbonyl (C=O) groups excluding carboxylic acids is 14. The SMILES string of the molecule is CCCC[C@@H](C(=O)N(C)[C@@H](CCCC)C(=O)N[C@@H](CC(C)C)C(=O)N[C@@H](CSCC(=O)N[C@@H](Cc1ccc(O)cc1)C(=O)N(C)CC(=O)N[C@@H](CC(N)=O)C(=O)N1CCCC1C(=O)N[C@@H](CN)C(=O)N[C@@H](CC(C)C)C(=O)N1CCCC1)C(=O)NCC(=O)NCCCC[C@H](NC(=O)CCCCCCCCCCCCCCCCC(=O)O)C(=O)O)N(C)C. The molecule has 16 N–H and O–H groups in total. The predicted octanol–water partition coefficient (Wildman–Crippen LogP) is 4.01. The summed E-state index contributed by atoms with van der Waals surface area (Å²) in [6.07, 6.45) is 20.7. The number of nitrogens with two attached hydrogens (primary N) is 2. The molecule has 1 aromatic rings. The van der Waals surface area contributed by atoms with Gasteiger partial charge in [-0.15, -0.1) is 11.8 Å². The maximum Gasteiger partial charge on any atom is 0.326 e. The number of rotatable bonds is 64. The van der Waals surface area contributed by atoms with E-state index in [1.807, 2.05) is 41.5 Å². The summed E-state index contributed by atoms with van der Waals surface area (Å²) in [5.74, 6) is -12.7. The van der Waals surface area contributed by atoms with Gasteiger partial charge < -0.3 is 94.2 Å². The van der Waals surface area contributed by atoms with Gasteiger partial charge in [-0.3, -0.25) is 76.8 Å². The van der Waals surface area contributed by atoms with Crippen molar-refractivity contribution in [3.63, 3.8) is 0 Å². The molecule has 0 saturated carbocycles. The average molecular weight is 1740 g/mol. The fourth-order valence-corrected chi connectivity index (χ4v) is 15.7. The smallest absolute Gasteiger partial charge is 0.326 e. The summed E-state index contributed by atoms with van der Waals surface area (Å²) in [7, 11) is 6.39. The van der Waals surface area contributed by atoms with Crippen LogP contribution >= 0.6 is 11.8 Å². The largest absolute Gasteiger partial charge is 0.508 e. The lowest BCUT2D eigenvalue weighted by Crippen LogP contribution is -2.60. The quantitative estimate of drug-likeness (QED) is 0.0410. The van der Waals surface area contributed by atoms with Gasteiger partial charge in [0.05, 0.1) is 31.3 Å². The summed E-state index contributed by atoms with van der Waals surface area (Å²) >= 11 is 0.848. The number of nitrogens with one attached hydrogen (secondary N) is 9. The third kappa shape index (κ3) is 42.3. The van der Waals surface area contributed by atoms with Crippen molar-refractivity contribution in [2.24, 2.45) is 23.3 Å². The number of hydrogen-bond donors (Lipinski definition) is 14. The van der Waals surface area contributed by atoms with Crippen LogP contribution in [0.1, 0.15) is 253 Å². The van der Waals surface area contributed by atoms with E-state index in [-0.39, 0.29) is 106 Å². The van der Waals surface area contributed by atoms with Crippen molar-refractivity contribution >= 4 is 106 Å². The zero-order valence-corrected chi connectivity index (χ0v) is 74.9. The molecule has 3 rings (SSSR count). The maximum atomic E-state index is 14.7. The van der Waals surface area contributed by atoms with E-state index in [9.17, 15) is 86.9 Å². The Morgan fingerprint density at radius 2 is 1.04 bits per heavy atom. The van der Waals surface area contributed by atoms with Crippen LogP contribution in [0.5, 0.6) is 5.75 Å². The van der Waals surface area contributed by atoms with Gasteiger partial charge in [0.25, 0.3) is 0 Å². The monoisotopic (exact) mass is 1740 g/mol. The van der Waals surface area contributed by atoms with E-state index in [0.29, 0.717) is 70.0 Å². The highest BCUT2D eigenvalue weighted by Crippen LogP contribution is 2.23. The van der Waals surface area contributed by atoms with Gasteiger partial charge in [0.15, 0.2) is 0 Å². The number of aromatic hydroxyl groups is 1. The number of unbranched alkanes of at least 4 members (excludes halogenated alkanes) is 16. The Morgan fingerprint density at radius 3 is 1.59 bits per heavy atom. The fourth-order valence-electron chi connectivity index (χ4n) is 14.9. The highest BCUT2D eigenvalue weighted by molar-refractivity contribution is 8.00. The molecule has 1 aromatic carbocycles. The number of nitrogens with zero attached hydrogens (tertiary/aromatic N) is 5. The first kappa shape index (κ1) is 107. The molecule has 2 aliphatic rings. The maximum absolute atomic E-state index is 14.7. The van der Waals surface area contributed by atoms with Crippen LogP contribution in [0.3, 0.4) is 0 Å². The molecular weight excluding hydrogens is 1590 g/mol. The minimum absolute atomic E-state index is 0.000446. The number of carboxylic acid groups (broad SMARTS) is 2. The molecule has 0 aromatic heterocycles. The lowest BCUT2D eigenvalue weighted by Gasteiger charge is -2.34. The summed E-state index contributed by atoms with van der Waals surface area (Å²) in [5, 5.41) is 52.8. The highest BCUT2D eigenvalue weighted by Gasteiger charge is 2.42. The standard InChI is InChI=1S/C86H146N16O19S/c1-11-13-35-68(100(10)85(119)70(98(7)8)36-14-12-2)80(114)94-62(48-57(3)4)78(112)97-67(77(111)90-53-73(106)89-44-30-29-34-61(86(120)121)91-72(105)38-27-25-23-21-19-17-15-16-18-20-22-24-26-28-39-76(109)110)55-122-56-75(108)93-64(50-59-40-42-60(103)43-41-59)82(116)99(9)54-74(107)92-65(51-71(88)104)84(118)102-47-33-37-69(102)81(115)96-66(52-87)79(113)95-63(49-58(5)6)83(117)101-45-31-32-46-101/h40-43,57-58,61-70,103H,11-39,44-56,87H2,1-10H3,(H2,88,104)(H,89,106)(H,90,111)(H,91,105)(H,92,107)(H,93,108)(H,94,114)(H,95,113)(H,96,115)(H,97,112)(H,109,110)(H,120,121)/t61-,62-,63-,64-,65-,66-,67-,68-,69?,70-/m0/s1. The Kier molecular flexibility index (Phi) is 52.2. The first-order chi connectivity index (χ1) is 58.0. The number of likely N-dealkylation sites (tertiary alicyclic amines) is 2. The summed E-state index contributed by atoms with van der Waals surface area (Å²) in [6, 6.07) is -6.16. The average Bonchev–Trinajstić information content (AvgIpc) is 1.65. The number of amides is 14. The second-order valence-electron chi connectivity index (χ2n) is 33.5. The summed E-state index contributed by atoms with van der Waals surface area (Å²) in [5.41, 5.74) is 12.1. The van der Waals surface area contributed by atoms with Crippen LogP contribution in [-0.4, -0.2) is 280 Å². The van der Waals surface area contributed by atoms with Gasteiger partial charge in [-0.25, -0.2) is 4.79 Å². The zero-order valence-electron chi connectivity index (χ0n) is 74.1. The van der Waals surface area contributed by atoms with Crippen molar-refractivity contribution in [3.8, 4) is 5.75 Å². The van der Waals surface area contributed by atoms with E-state index in [4.69, 9.17) is 16.6 Å². The number of hydrogen-bond acceptors (Lipinski definition) is 20. The van der Waals surface area contributed by atoms with Gasteiger partial charge in [-0.2, -0.15) is 0 Å². The third-order valence-electron chi connectivity index (χ3n) is 21.8. The van der Waals surface area contributed by atoms with Gasteiger partial charge in [0, 0.05) is 71.8 Å². The van der Waals surface area contributed by atoms with Crippen molar-refractivity contribution < 1.29 is 92.0 Å². The number of primary amides is 1. The molecule has 2 heterocycles. The zero-order chi connectivity index (χ0) is 90.8. The van der Waals surface area contributed by atoms with Crippen molar-refractivity contribution in [1.82, 2.24) is 72.4 Å². The number of thioether (sulfide) groups is 1. The topological polar surface area (TPSA) is 510 Å². The van der Waals surface area contributed by atoms with Crippen LogP contribution in [0, 0.1) is 11.8 Å². The molecule has 1 unspecified atom stereocenters. The van der Waals surface area contributed by atoms with Crippen LogP contribution in [-0.2, 0) is 83.1 Å². The van der Waals surface area contributed by atoms with Crippen LogP contribution in [0.25, 0.3) is 0 Å². The summed E-state index contributed by atoms with van der Waals surface area (Å²) in [4.78, 5) is 225. The Hall–Kier alpha value is -9.19. The number of benzene rings is 1. The highest BCUT2D eigenvalue weighted by atomic mass is 32.2. The number of aliphatic carboxylic acids is 2. The number of carbonyl (C=O) groups is 16. The van der Waals surface area contributed by atoms with Gasteiger partial charge in [0.1, 0.15) is 60.1 Å². The summed E-state index contributed by atoms with van der Waals surface area (Å²) < 4.78 is 0. The van der Waals surface area contributed by atoms with Gasteiger partial charge in [0.2, 0.25) is 82.7 Å². The van der Waals surface area contributed by atoms with Crippen molar-refractivity contribution in [2.45, 2.75) is 314 Å². The molecule has 36 heteroatoms. The van der Waals surface area contributed by atoms with Crippen LogP contribution in [0.15, 0.2) is 24.3 Å². The van der Waals surface area contributed by atoms with E-state index in [1.165, 1.54) is 55.5 Å². The van der Waals surface area contributed by atoms with E-state index < -0.39 is 163 Å². The van der Waals surface area contributed by atoms with Crippen LogP contribution in [0.2, 0.25) is 0 Å². The first-order valence-corrected chi connectivity index (χ1v) is 45.4. The molecule has 0 aliphatic carbocycles. The normalized spacial score (nSPS) is 15.4. The molecule has 14 amide bonds. The van der Waals surface area contributed by atoms with Gasteiger partial charge in [-0.1, -0.05) is 156 Å².